The van der Waals surface area contributed by atoms with Crippen LogP contribution in [0.2, 0.25) is 5.02 Å². The van der Waals surface area contributed by atoms with Crippen molar-refractivity contribution in [2.24, 2.45) is 0 Å². The Hall–Kier alpha value is -2.59. The molecule has 0 aliphatic carbocycles. The van der Waals surface area contributed by atoms with Gasteiger partial charge in [-0.3, -0.25) is 4.79 Å². The first-order valence-electron chi connectivity index (χ1n) is 7.88. The lowest BCUT2D eigenvalue weighted by atomic mass is 10.1. The third kappa shape index (κ3) is 6.20. The fourth-order valence-corrected chi connectivity index (χ4v) is 3.01. The van der Waals surface area contributed by atoms with Crippen LogP contribution >= 0.6 is 27.5 Å². The number of nitrogens with one attached hydrogen (secondary N) is 1. The number of carbonyl (C=O) groups is 2. The number of rotatable bonds is 8. The van der Waals surface area contributed by atoms with Gasteiger partial charge >= 0.3 is 12.6 Å². The van der Waals surface area contributed by atoms with Crippen LogP contribution in [0.15, 0.2) is 34.8 Å². The van der Waals surface area contributed by atoms with Crippen LogP contribution in [0.5, 0.6) is 17.2 Å². The van der Waals surface area contributed by atoms with E-state index >= 15 is 0 Å². The van der Waals surface area contributed by atoms with Crippen molar-refractivity contribution < 1.29 is 37.3 Å². The summed E-state index contributed by atoms with van der Waals surface area (Å²) >= 11 is 9.09. The van der Waals surface area contributed by atoms with Gasteiger partial charge in [-0.1, -0.05) is 11.6 Å². The van der Waals surface area contributed by atoms with Crippen molar-refractivity contribution in [2.45, 2.75) is 6.61 Å². The summed E-state index contributed by atoms with van der Waals surface area (Å²) in [5.41, 5.74) is -0.232. The number of carbonyl (C=O) groups excluding carboxylic acids is 2. The van der Waals surface area contributed by atoms with Crippen molar-refractivity contribution in [3.63, 3.8) is 0 Å². The second-order valence-corrected chi connectivity index (χ2v) is 6.62. The van der Waals surface area contributed by atoms with E-state index in [1.54, 1.807) is 18.2 Å². The molecule has 1 N–H and O–H groups in total. The van der Waals surface area contributed by atoms with Crippen LogP contribution in [0.3, 0.4) is 0 Å². The fourth-order valence-electron chi connectivity index (χ4n) is 2.21. The molecule has 0 saturated carbocycles. The SMILES string of the molecule is COC(=O)c1cc(OC)c(OC(F)F)cc1NC(=O)COc1ccc(Cl)cc1Br. The van der Waals surface area contributed by atoms with Crippen molar-refractivity contribution in [1.29, 1.82) is 0 Å². The molecule has 0 spiro atoms. The molecule has 0 bridgehead atoms. The Morgan fingerprint density at radius 3 is 2.45 bits per heavy atom. The number of benzene rings is 2. The highest BCUT2D eigenvalue weighted by Crippen LogP contribution is 2.35. The molecule has 156 valence electrons. The predicted molar refractivity (Wildman–Crippen MR) is 104 cm³/mol. The summed E-state index contributed by atoms with van der Waals surface area (Å²) < 4.78 is 45.2. The number of anilines is 1. The zero-order chi connectivity index (χ0) is 21.6. The molecule has 0 saturated heterocycles. The topological polar surface area (TPSA) is 83.1 Å². The maximum absolute atomic E-state index is 12.6. The van der Waals surface area contributed by atoms with E-state index in [1.165, 1.54) is 7.11 Å². The first-order chi connectivity index (χ1) is 13.7. The lowest BCUT2D eigenvalue weighted by Crippen LogP contribution is -2.22. The van der Waals surface area contributed by atoms with Crippen molar-refractivity contribution in [3.8, 4) is 17.2 Å². The largest absolute Gasteiger partial charge is 0.493 e. The van der Waals surface area contributed by atoms with Gasteiger partial charge in [0.15, 0.2) is 18.1 Å². The summed E-state index contributed by atoms with van der Waals surface area (Å²) in [5, 5.41) is 2.88. The molecule has 0 aliphatic heterocycles. The van der Waals surface area contributed by atoms with Gasteiger partial charge in [0.25, 0.3) is 5.91 Å². The van der Waals surface area contributed by atoms with Gasteiger partial charge in [-0.2, -0.15) is 8.78 Å². The number of hydrogen-bond acceptors (Lipinski definition) is 6. The number of methoxy groups -OCH3 is 2. The molecule has 0 aliphatic rings. The Bertz CT molecular complexity index is 912. The van der Waals surface area contributed by atoms with E-state index in [9.17, 15) is 18.4 Å². The third-order valence-corrected chi connectivity index (χ3v) is 4.31. The van der Waals surface area contributed by atoms with E-state index in [4.69, 9.17) is 21.1 Å². The minimum Gasteiger partial charge on any atom is -0.493 e. The Morgan fingerprint density at radius 2 is 1.86 bits per heavy atom. The molecule has 0 fully saturated rings. The van der Waals surface area contributed by atoms with Gasteiger partial charge in [0.05, 0.1) is 29.9 Å². The number of halogens is 4. The Morgan fingerprint density at radius 1 is 1.14 bits per heavy atom. The lowest BCUT2D eigenvalue weighted by Gasteiger charge is -2.16. The van der Waals surface area contributed by atoms with Crippen LogP contribution in [0, 0.1) is 0 Å². The monoisotopic (exact) mass is 493 g/mol. The molecule has 7 nitrogen and oxygen atoms in total. The van der Waals surface area contributed by atoms with Crippen molar-refractivity contribution in [1.82, 2.24) is 0 Å². The van der Waals surface area contributed by atoms with Gasteiger partial charge in [-0.05, 0) is 34.1 Å². The van der Waals surface area contributed by atoms with Gasteiger partial charge in [0, 0.05) is 17.2 Å². The third-order valence-electron chi connectivity index (χ3n) is 3.45. The molecular weight excluding hydrogens is 480 g/mol. The Balaban J connectivity index is 2.23. The molecule has 0 unspecified atom stereocenters. The summed E-state index contributed by atoms with van der Waals surface area (Å²) in [6.45, 7) is -3.57. The summed E-state index contributed by atoms with van der Waals surface area (Å²) in [6, 6.07) is 6.87. The van der Waals surface area contributed by atoms with Crippen LogP contribution < -0.4 is 19.5 Å². The number of esters is 1. The van der Waals surface area contributed by atoms with E-state index in [2.05, 4.69) is 30.7 Å². The average molecular weight is 495 g/mol. The van der Waals surface area contributed by atoms with Crippen LogP contribution in [-0.4, -0.2) is 39.3 Å². The highest BCUT2D eigenvalue weighted by molar-refractivity contribution is 9.10. The molecule has 2 aromatic carbocycles. The van der Waals surface area contributed by atoms with Gasteiger partial charge in [-0.25, -0.2) is 4.79 Å². The molecule has 2 rings (SSSR count). The average Bonchev–Trinajstić information content (AvgIpc) is 2.66. The first kappa shape index (κ1) is 22.7. The van der Waals surface area contributed by atoms with Crippen LogP contribution in [-0.2, 0) is 9.53 Å². The van der Waals surface area contributed by atoms with E-state index in [-0.39, 0.29) is 22.7 Å². The molecule has 0 heterocycles. The number of amides is 1. The summed E-state index contributed by atoms with van der Waals surface area (Å²) in [6.07, 6.45) is 0. The van der Waals surface area contributed by atoms with E-state index in [0.717, 1.165) is 19.2 Å². The number of alkyl halides is 2. The molecule has 0 atom stereocenters. The Kier molecular flexibility index (Phi) is 8.03. The highest BCUT2D eigenvalue weighted by Gasteiger charge is 2.21. The number of ether oxygens (including phenoxy) is 4. The fraction of sp³-hybridized carbons (Fsp3) is 0.222. The minimum absolute atomic E-state index is 0.114. The quantitative estimate of drug-likeness (QED) is 0.544. The first-order valence-corrected chi connectivity index (χ1v) is 9.05. The zero-order valence-corrected chi connectivity index (χ0v) is 17.5. The lowest BCUT2D eigenvalue weighted by molar-refractivity contribution is -0.118. The van der Waals surface area contributed by atoms with Crippen molar-refractivity contribution in [3.05, 3.63) is 45.4 Å². The van der Waals surface area contributed by atoms with E-state index in [1.807, 2.05) is 0 Å². The molecule has 0 radical (unpaired) electrons. The van der Waals surface area contributed by atoms with Crippen molar-refractivity contribution in [2.75, 3.05) is 26.1 Å². The van der Waals surface area contributed by atoms with Gasteiger partial charge in [0.1, 0.15) is 5.75 Å². The van der Waals surface area contributed by atoms with Crippen LogP contribution in [0.1, 0.15) is 10.4 Å². The summed E-state index contributed by atoms with van der Waals surface area (Å²) in [4.78, 5) is 24.3. The predicted octanol–water partition coefficient (Wildman–Crippen LogP) is 4.52. The molecule has 0 aromatic heterocycles. The van der Waals surface area contributed by atoms with Gasteiger partial charge in [0.2, 0.25) is 0 Å². The highest BCUT2D eigenvalue weighted by atomic mass is 79.9. The zero-order valence-electron chi connectivity index (χ0n) is 15.1. The van der Waals surface area contributed by atoms with Crippen molar-refractivity contribution >= 4 is 45.1 Å². The second kappa shape index (κ2) is 10.3. The molecule has 2 aromatic rings. The maximum Gasteiger partial charge on any atom is 0.387 e. The van der Waals surface area contributed by atoms with E-state index < -0.39 is 25.1 Å². The molecular formula is C18H15BrClF2NO6. The molecule has 1 amide bonds. The van der Waals surface area contributed by atoms with Gasteiger partial charge < -0.3 is 24.3 Å². The smallest absolute Gasteiger partial charge is 0.387 e. The second-order valence-electron chi connectivity index (χ2n) is 5.33. The molecule has 11 heteroatoms. The minimum atomic E-state index is -3.14. The standard InChI is InChI=1S/C18H15BrClF2NO6/c1-26-14-6-10(17(25)27-2)12(7-15(14)29-18(21)22)23-16(24)8-28-13-4-3-9(20)5-11(13)19/h3-7,18H,8H2,1-2H3,(H,23,24). The molecule has 29 heavy (non-hydrogen) atoms. The maximum atomic E-state index is 12.6. The number of hydrogen-bond donors (Lipinski definition) is 1. The van der Waals surface area contributed by atoms with Crippen LogP contribution in [0.25, 0.3) is 0 Å². The summed E-state index contributed by atoms with van der Waals surface area (Å²) in [5.74, 6) is -1.63. The Labute approximate surface area is 178 Å². The van der Waals surface area contributed by atoms with Crippen LogP contribution in [0.4, 0.5) is 14.5 Å². The normalized spacial score (nSPS) is 10.4. The van der Waals surface area contributed by atoms with E-state index in [0.29, 0.717) is 15.2 Å². The summed E-state index contributed by atoms with van der Waals surface area (Å²) in [7, 11) is 2.34. The van der Waals surface area contributed by atoms with Gasteiger partial charge in [-0.15, -0.1) is 0 Å².